The van der Waals surface area contributed by atoms with Gasteiger partial charge in [-0.3, -0.25) is 9.69 Å². The number of aromatic amines is 1. The second-order valence-electron chi connectivity index (χ2n) is 6.06. The normalized spacial score (nSPS) is 16.0. The first kappa shape index (κ1) is 17.2. The van der Waals surface area contributed by atoms with Crippen molar-refractivity contribution in [2.45, 2.75) is 34.2 Å². The minimum Gasteiger partial charge on any atom is -0.359 e. The molecule has 3 rings (SSSR count). The van der Waals surface area contributed by atoms with Crippen molar-refractivity contribution in [1.29, 1.82) is 0 Å². The highest BCUT2D eigenvalue weighted by Crippen LogP contribution is 2.24. The van der Waals surface area contributed by atoms with E-state index in [0.717, 1.165) is 36.6 Å². The molecule has 0 saturated heterocycles. The summed E-state index contributed by atoms with van der Waals surface area (Å²) in [5, 5.41) is 7.75. The van der Waals surface area contributed by atoms with E-state index in [4.69, 9.17) is 4.52 Å². The fraction of sp³-hybridized carbons (Fsp3) is 0.389. The van der Waals surface area contributed by atoms with Gasteiger partial charge in [-0.1, -0.05) is 19.0 Å². The van der Waals surface area contributed by atoms with Gasteiger partial charge in [-0.15, -0.1) is 0 Å². The summed E-state index contributed by atoms with van der Waals surface area (Å²) in [6.07, 6.45) is 3.36. The molecule has 3 heterocycles. The smallest absolute Gasteiger partial charge is 0.273 e. The molecule has 1 amide bonds. The van der Waals surface area contributed by atoms with E-state index in [1.54, 1.807) is 6.07 Å². The van der Waals surface area contributed by atoms with E-state index in [1.165, 1.54) is 11.8 Å². The molecular formula is C18H23N5O2. The number of aromatic nitrogens is 2. The Morgan fingerprint density at radius 1 is 1.28 bits per heavy atom. The van der Waals surface area contributed by atoms with Crippen LogP contribution in [0, 0.1) is 13.8 Å². The summed E-state index contributed by atoms with van der Waals surface area (Å²) in [5.74, 6) is 0.220. The van der Waals surface area contributed by atoms with Crippen molar-refractivity contribution in [3.8, 4) is 0 Å². The van der Waals surface area contributed by atoms with Gasteiger partial charge in [-0.2, -0.15) is 5.10 Å². The summed E-state index contributed by atoms with van der Waals surface area (Å²) in [6, 6.07) is 1.69. The van der Waals surface area contributed by atoms with Crippen LogP contribution in [0.2, 0.25) is 0 Å². The number of nitrogens with zero attached hydrogens (tertiary/aromatic N) is 3. The van der Waals surface area contributed by atoms with E-state index in [0.29, 0.717) is 17.0 Å². The predicted molar refractivity (Wildman–Crippen MR) is 96.1 cm³/mol. The average molecular weight is 341 g/mol. The lowest BCUT2D eigenvalue weighted by atomic mass is 10.0. The van der Waals surface area contributed by atoms with Crippen molar-refractivity contribution in [3.63, 3.8) is 0 Å². The molecule has 0 aromatic carbocycles. The van der Waals surface area contributed by atoms with Crippen LogP contribution >= 0.6 is 0 Å². The van der Waals surface area contributed by atoms with E-state index in [1.807, 2.05) is 6.08 Å². The molecule has 0 fully saturated rings. The van der Waals surface area contributed by atoms with Crippen LogP contribution in [-0.2, 0) is 11.3 Å². The van der Waals surface area contributed by atoms with Gasteiger partial charge in [0.25, 0.3) is 5.91 Å². The summed E-state index contributed by atoms with van der Waals surface area (Å²) >= 11 is 0. The summed E-state index contributed by atoms with van der Waals surface area (Å²) in [6.45, 7) is 11.4. The summed E-state index contributed by atoms with van der Waals surface area (Å²) in [7, 11) is 0. The lowest BCUT2D eigenvalue weighted by Gasteiger charge is -2.18. The Hall–Kier alpha value is -2.67. The zero-order valence-electron chi connectivity index (χ0n) is 15.0. The van der Waals surface area contributed by atoms with Crippen LogP contribution in [0.15, 0.2) is 27.5 Å². The largest absolute Gasteiger partial charge is 0.359 e. The minimum absolute atomic E-state index is 0.247. The van der Waals surface area contributed by atoms with Gasteiger partial charge in [0.15, 0.2) is 5.76 Å². The maximum atomic E-state index is 12.2. The summed E-state index contributed by atoms with van der Waals surface area (Å²) in [5.41, 5.74) is 7.88. The maximum Gasteiger partial charge on any atom is 0.273 e. The Bertz CT molecular complexity index is 826. The van der Waals surface area contributed by atoms with Crippen molar-refractivity contribution >= 4 is 17.7 Å². The first-order valence-corrected chi connectivity index (χ1v) is 8.46. The number of hydrazone groups is 1. The molecule has 2 N–H and O–H groups in total. The first-order chi connectivity index (χ1) is 12.0. The molecule has 0 saturated carbocycles. The molecule has 2 aromatic rings. The number of H-pyrrole nitrogens is 1. The van der Waals surface area contributed by atoms with Crippen LogP contribution in [-0.4, -0.2) is 39.7 Å². The summed E-state index contributed by atoms with van der Waals surface area (Å²) in [4.78, 5) is 17.9. The number of carbonyl (C=O) groups is 1. The van der Waals surface area contributed by atoms with Crippen molar-refractivity contribution in [3.05, 3.63) is 46.1 Å². The minimum atomic E-state index is -0.247. The van der Waals surface area contributed by atoms with Gasteiger partial charge >= 0.3 is 0 Å². The highest BCUT2D eigenvalue weighted by Gasteiger charge is 2.27. The van der Waals surface area contributed by atoms with Gasteiger partial charge < -0.3 is 9.51 Å². The molecule has 0 radical (unpaired) electrons. The Balaban J connectivity index is 1.95. The summed E-state index contributed by atoms with van der Waals surface area (Å²) < 4.78 is 5.14. The van der Waals surface area contributed by atoms with E-state index in [9.17, 15) is 4.79 Å². The van der Waals surface area contributed by atoms with Gasteiger partial charge in [-0.25, -0.2) is 5.43 Å². The van der Waals surface area contributed by atoms with Crippen LogP contribution in [0.5, 0.6) is 0 Å². The third-order valence-electron chi connectivity index (χ3n) is 4.64. The van der Waals surface area contributed by atoms with E-state index >= 15 is 0 Å². The van der Waals surface area contributed by atoms with Crippen molar-refractivity contribution in [2.75, 3.05) is 13.1 Å². The fourth-order valence-electron chi connectivity index (χ4n) is 3.01. The lowest BCUT2D eigenvalue weighted by Crippen LogP contribution is -2.22. The zero-order valence-corrected chi connectivity index (χ0v) is 15.0. The SMILES string of the molecule is CCN(CC)Cc1c(C)[nH]c(C=C2C(=O)NN=C2c2ccno2)c1C. The van der Waals surface area contributed by atoms with Crippen molar-refractivity contribution < 1.29 is 9.32 Å². The van der Waals surface area contributed by atoms with Crippen LogP contribution in [0.3, 0.4) is 0 Å². The van der Waals surface area contributed by atoms with Gasteiger partial charge in [-0.05, 0) is 44.1 Å². The molecule has 0 bridgehead atoms. The maximum absolute atomic E-state index is 12.2. The molecule has 132 valence electrons. The predicted octanol–water partition coefficient (Wildman–Crippen LogP) is 2.38. The monoisotopic (exact) mass is 341 g/mol. The molecule has 0 spiro atoms. The number of hydrogen-bond donors (Lipinski definition) is 2. The number of nitrogens with one attached hydrogen (secondary N) is 2. The number of hydrogen-bond acceptors (Lipinski definition) is 5. The van der Waals surface area contributed by atoms with Crippen LogP contribution in [0.4, 0.5) is 0 Å². The standard InChI is InChI=1S/C18H23N5O2/c1-5-23(6-2)10-14-11(3)15(20-12(14)4)9-13-17(21-22-18(13)24)16-7-8-19-25-16/h7-9,20H,5-6,10H2,1-4H3,(H,22,24). The van der Waals surface area contributed by atoms with Gasteiger partial charge in [0.1, 0.15) is 5.71 Å². The Labute approximate surface area is 146 Å². The van der Waals surface area contributed by atoms with Crippen molar-refractivity contribution in [1.82, 2.24) is 20.5 Å². The Kier molecular flexibility index (Phi) is 4.85. The molecule has 1 aliphatic rings. The second-order valence-corrected chi connectivity index (χ2v) is 6.06. The quantitative estimate of drug-likeness (QED) is 0.790. The molecule has 2 aromatic heterocycles. The van der Waals surface area contributed by atoms with Crippen LogP contribution < -0.4 is 5.43 Å². The molecule has 0 unspecified atom stereocenters. The molecule has 1 aliphatic heterocycles. The van der Waals surface area contributed by atoms with E-state index < -0.39 is 0 Å². The second kappa shape index (κ2) is 7.06. The Morgan fingerprint density at radius 2 is 2.04 bits per heavy atom. The topological polar surface area (TPSA) is 86.5 Å². The third kappa shape index (κ3) is 3.28. The fourth-order valence-corrected chi connectivity index (χ4v) is 3.01. The van der Waals surface area contributed by atoms with Gasteiger partial charge in [0.2, 0.25) is 0 Å². The number of carbonyl (C=O) groups excluding carboxylic acids is 1. The molecule has 0 atom stereocenters. The molecule has 25 heavy (non-hydrogen) atoms. The third-order valence-corrected chi connectivity index (χ3v) is 4.64. The van der Waals surface area contributed by atoms with Crippen molar-refractivity contribution in [2.24, 2.45) is 5.10 Å². The van der Waals surface area contributed by atoms with Crippen LogP contribution in [0.1, 0.15) is 42.1 Å². The highest BCUT2D eigenvalue weighted by atomic mass is 16.5. The van der Waals surface area contributed by atoms with Crippen LogP contribution in [0.25, 0.3) is 6.08 Å². The van der Waals surface area contributed by atoms with E-state index in [-0.39, 0.29) is 5.91 Å². The average Bonchev–Trinajstić information content (AvgIpc) is 3.30. The molecule has 0 aliphatic carbocycles. The molecule has 7 nitrogen and oxygen atoms in total. The lowest BCUT2D eigenvalue weighted by molar-refractivity contribution is -0.116. The van der Waals surface area contributed by atoms with Gasteiger partial charge in [0, 0.05) is 24.0 Å². The first-order valence-electron chi connectivity index (χ1n) is 8.46. The van der Waals surface area contributed by atoms with Gasteiger partial charge in [0.05, 0.1) is 11.8 Å². The highest BCUT2D eigenvalue weighted by molar-refractivity contribution is 6.32. The number of rotatable bonds is 6. The molecular weight excluding hydrogens is 318 g/mol. The zero-order chi connectivity index (χ0) is 18.0. The molecule has 7 heteroatoms. The number of amides is 1. The number of aryl methyl sites for hydroxylation is 1. The van der Waals surface area contributed by atoms with E-state index in [2.05, 4.69) is 53.3 Å². The Morgan fingerprint density at radius 3 is 2.68 bits per heavy atom.